The van der Waals surface area contributed by atoms with Crippen LogP contribution in [0.3, 0.4) is 0 Å². The molecule has 1 aromatic carbocycles. The second kappa shape index (κ2) is 6.66. The van der Waals surface area contributed by atoms with Crippen LogP contribution in [0, 0.1) is 0 Å². The molecule has 0 heterocycles. The molecular formula is C12H16Br2O. The molecule has 0 amide bonds. The van der Waals surface area contributed by atoms with Gasteiger partial charge in [-0.15, -0.1) is 0 Å². The summed E-state index contributed by atoms with van der Waals surface area (Å²) in [5.74, 6) is 0. The van der Waals surface area contributed by atoms with Gasteiger partial charge in [-0.3, -0.25) is 0 Å². The van der Waals surface area contributed by atoms with Gasteiger partial charge in [-0.2, -0.15) is 0 Å². The molecule has 1 unspecified atom stereocenters. The fourth-order valence-corrected chi connectivity index (χ4v) is 1.56. The summed E-state index contributed by atoms with van der Waals surface area (Å²) in [7, 11) is 0. The summed E-state index contributed by atoms with van der Waals surface area (Å²) in [6, 6.07) is 10.2. The SMILES string of the molecule is CC(Br)(CBr)CCOCc1ccccc1. The second-order valence-corrected chi connectivity index (χ2v) is 6.31. The maximum absolute atomic E-state index is 5.61. The van der Waals surface area contributed by atoms with Gasteiger partial charge in [0.15, 0.2) is 0 Å². The highest BCUT2D eigenvalue weighted by Crippen LogP contribution is 2.24. The van der Waals surface area contributed by atoms with Crippen molar-refractivity contribution in [3.63, 3.8) is 0 Å². The molecule has 1 nitrogen and oxygen atoms in total. The van der Waals surface area contributed by atoms with Crippen molar-refractivity contribution in [3.05, 3.63) is 35.9 Å². The van der Waals surface area contributed by atoms with E-state index < -0.39 is 0 Å². The van der Waals surface area contributed by atoms with Crippen LogP contribution in [0.1, 0.15) is 18.9 Å². The maximum Gasteiger partial charge on any atom is 0.0716 e. The van der Waals surface area contributed by atoms with Crippen molar-refractivity contribution in [1.29, 1.82) is 0 Å². The monoisotopic (exact) mass is 334 g/mol. The predicted octanol–water partition coefficient (Wildman–Crippen LogP) is 4.14. The molecule has 0 aromatic heterocycles. The van der Waals surface area contributed by atoms with E-state index in [1.54, 1.807) is 0 Å². The van der Waals surface area contributed by atoms with Crippen LogP contribution < -0.4 is 0 Å². The molecule has 1 aromatic rings. The Kier molecular flexibility index (Phi) is 5.87. The first-order valence-corrected chi connectivity index (χ1v) is 6.92. The topological polar surface area (TPSA) is 9.23 Å². The zero-order valence-corrected chi connectivity index (χ0v) is 12.1. The van der Waals surface area contributed by atoms with Crippen LogP contribution in [0.5, 0.6) is 0 Å². The Hall–Kier alpha value is 0.140. The molecule has 0 bridgehead atoms. The van der Waals surface area contributed by atoms with Crippen LogP contribution in [0.25, 0.3) is 0 Å². The Morgan fingerprint density at radius 2 is 1.93 bits per heavy atom. The molecule has 0 N–H and O–H groups in total. The lowest BCUT2D eigenvalue weighted by atomic mass is 10.1. The third kappa shape index (κ3) is 5.69. The lowest BCUT2D eigenvalue weighted by molar-refractivity contribution is 0.114. The minimum absolute atomic E-state index is 0.143. The standard InChI is InChI=1S/C12H16Br2O/c1-12(14,10-13)7-8-15-9-11-5-3-2-4-6-11/h2-6H,7-10H2,1H3. The van der Waals surface area contributed by atoms with Crippen LogP contribution in [0.2, 0.25) is 0 Å². The van der Waals surface area contributed by atoms with E-state index in [1.165, 1.54) is 5.56 Å². The molecule has 15 heavy (non-hydrogen) atoms. The molecular weight excluding hydrogens is 320 g/mol. The molecule has 3 heteroatoms. The van der Waals surface area contributed by atoms with Gasteiger partial charge in [0.05, 0.1) is 6.61 Å². The summed E-state index contributed by atoms with van der Waals surface area (Å²) in [4.78, 5) is 0. The highest BCUT2D eigenvalue weighted by Gasteiger charge is 2.17. The maximum atomic E-state index is 5.61. The van der Waals surface area contributed by atoms with Crippen molar-refractivity contribution in [1.82, 2.24) is 0 Å². The van der Waals surface area contributed by atoms with Gasteiger partial charge in [0.2, 0.25) is 0 Å². The number of ether oxygens (including phenoxy) is 1. The first kappa shape index (κ1) is 13.2. The van der Waals surface area contributed by atoms with E-state index >= 15 is 0 Å². The molecule has 84 valence electrons. The minimum Gasteiger partial charge on any atom is -0.377 e. The molecule has 1 atom stereocenters. The normalized spacial score (nSPS) is 14.9. The summed E-state index contributed by atoms with van der Waals surface area (Å²) in [5.41, 5.74) is 1.23. The van der Waals surface area contributed by atoms with E-state index in [0.29, 0.717) is 6.61 Å². The number of hydrogen-bond acceptors (Lipinski definition) is 1. The molecule has 0 saturated carbocycles. The number of alkyl halides is 2. The molecule has 0 saturated heterocycles. The smallest absolute Gasteiger partial charge is 0.0716 e. The van der Waals surface area contributed by atoms with Crippen molar-refractivity contribution in [2.75, 3.05) is 11.9 Å². The minimum atomic E-state index is 0.143. The van der Waals surface area contributed by atoms with Crippen molar-refractivity contribution in [2.45, 2.75) is 24.3 Å². The fourth-order valence-electron chi connectivity index (χ4n) is 1.12. The Morgan fingerprint density at radius 1 is 1.27 bits per heavy atom. The summed E-state index contributed by atoms with van der Waals surface area (Å²) in [5, 5.41) is 0.939. The fraction of sp³-hybridized carbons (Fsp3) is 0.500. The summed E-state index contributed by atoms with van der Waals surface area (Å²) < 4.78 is 5.75. The van der Waals surface area contributed by atoms with Crippen LogP contribution in [-0.4, -0.2) is 16.3 Å². The Bertz CT molecular complexity index is 272. The molecule has 0 spiro atoms. The summed E-state index contributed by atoms with van der Waals surface area (Å²) in [6.07, 6.45) is 1.01. The van der Waals surface area contributed by atoms with Gasteiger partial charge < -0.3 is 4.74 Å². The largest absolute Gasteiger partial charge is 0.377 e. The van der Waals surface area contributed by atoms with Crippen LogP contribution >= 0.6 is 31.9 Å². The van der Waals surface area contributed by atoms with Gasteiger partial charge in [0.1, 0.15) is 0 Å². The average molecular weight is 336 g/mol. The van der Waals surface area contributed by atoms with Gasteiger partial charge in [-0.25, -0.2) is 0 Å². The second-order valence-electron chi connectivity index (χ2n) is 3.84. The number of halogens is 2. The molecule has 0 fully saturated rings. The number of benzene rings is 1. The quantitative estimate of drug-likeness (QED) is 0.560. The molecule has 0 aliphatic carbocycles. The third-order valence-electron chi connectivity index (χ3n) is 2.16. The van der Waals surface area contributed by atoms with Gasteiger partial charge in [-0.1, -0.05) is 62.2 Å². The van der Waals surface area contributed by atoms with Crippen molar-refractivity contribution in [2.24, 2.45) is 0 Å². The first-order chi connectivity index (χ1) is 7.14. The van der Waals surface area contributed by atoms with E-state index in [4.69, 9.17) is 4.74 Å². The van der Waals surface area contributed by atoms with Crippen molar-refractivity contribution >= 4 is 31.9 Å². The zero-order valence-electron chi connectivity index (χ0n) is 8.88. The van der Waals surface area contributed by atoms with Crippen molar-refractivity contribution < 1.29 is 4.74 Å². The van der Waals surface area contributed by atoms with Crippen molar-refractivity contribution in [3.8, 4) is 0 Å². The molecule has 0 aliphatic heterocycles. The average Bonchev–Trinajstić information content (AvgIpc) is 2.26. The highest BCUT2D eigenvalue weighted by molar-refractivity contribution is 9.12. The first-order valence-electron chi connectivity index (χ1n) is 5.00. The molecule has 0 aliphatic rings. The molecule has 0 radical (unpaired) electrons. The lowest BCUT2D eigenvalue weighted by Crippen LogP contribution is -2.19. The Balaban J connectivity index is 2.18. The van der Waals surface area contributed by atoms with E-state index in [1.807, 2.05) is 18.2 Å². The van der Waals surface area contributed by atoms with E-state index in [-0.39, 0.29) is 4.32 Å². The molecule has 1 rings (SSSR count). The lowest BCUT2D eigenvalue weighted by Gasteiger charge is -2.18. The highest BCUT2D eigenvalue weighted by atomic mass is 79.9. The van der Waals surface area contributed by atoms with E-state index in [2.05, 4.69) is 50.9 Å². The van der Waals surface area contributed by atoms with Gasteiger partial charge in [0, 0.05) is 16.3 Å². The Morgan fingerprint density at radius 3 is 2.53 bits per heavy atom. The third-order valence-corrected chi connectivity index (χ3v) is 4.82. The van der Waals surface area contributed by atoms with Crippen LogP contribution in [-0.2, 0) is 11.3 Å². The van der Waals surface area contributed by atoms with Gasteiger partial charge >= 0.3 is 0 Å². The van der Waals surface area contributed by atoms with Gasteiger partial charge in [-0.05, 0) is 18.9 Å². The summed E-state index contributed by atoms with van der Waals surface area (Å²) >= 11 is 7.11. The zero-order chi connectivity index (χ0) is 11.1. The number of rotatable bonds is 6. The summed E-state index contributed by atoms with van der Waals surface area (Å²) in [6.45, 7) is 3.64. The number of hydrogen-bond donors (Lipinski definition) is 0. The van der Waals surface area contributed by atoms with Crippen LogP contribution in [0.4, 0.5) is 0 Å². The Labute approximate surface area is 108 Å². The van der Waals surface area contributed by atoms with E-state index in [9.17, 15) is 0 Å². The van der Waals surface area contributed by atoms with Gasteiger partial charge in [0.25, 0.3) is 0 Å². The van der Waals surface area contributed by atoms with Crippen LogP contribution in [0.15, 0.2) is 30.3 Å². The van der Waals surface area contributed by atoms with E-state index in [0.717, 1.165) is 18.4 Å². The predicted molar refractivity (Wildman–Crippen MR) is 71.8 cm³/mol.